The van der Waals surface area contributed by atoms with Crippen molar-refractivity contribution < 1.29 is 14.6 Å². The zero-order chi connectivity index (χ0) is 23.3. The number of aromatic nitrogens is 2. The number of carbonyl (C=O) groups is 1. The number of carboxylic acid groups (broad SMARTS) is 1. The summed E-state index contributed by atoms with van der Waals surface area (Å²) >= 11 is 0. The van der Waals surface area contributed by atoms with Crippen LogP contribution in [-0.2, 0) is 16.0 Å². The number of rotatable bonds is 10. The van der Waals surface area contributed by atoms with Gasteiger partial charge in [-0.05, 0) is 69.6 Å². The Morgan fingerprint density at radius 1 is 1.15 bits per heavy atom. The molecule has 0 aromatic carbocycles. The Kier molecular flexibility index (Phi) is 7.40. The fourth-order valence-electron chi connectivity index (χ4n) is 5.63. The van der Waals surface area contributed by atoms with Gasteiger partial charge in [-0.25, -0.2) is 0 Å². The van der Waals surface area contributed by atoms with Gasteiger partial charge in [0.2, 0.25) is 0 Å². The fourth-order valence-corrected chi connectivity index (χ4v) is 5.63. The number of anilines is 1. The second-order valence-electron chi connectivity index (χ2n) is 10.00. The smallest absolute Gasteiger partial charge is 0.325 e. The van der Waals surface area contributed by atoms with E-state index in [-0.39, 0.29) is 6.10 Å². The maximum absolute atomic E-state index is 12.3. The van der Waals surface area contributed by atoms with Crippen molar-refractivity contribution >= 4 is 11.7 Å². The van der Waals surface area contributed by atoms with Crippen LogP contribution in [0, 0.1) is 0 Å². The lowest BCUT2D eigenvalue weighted by Gasteiger charge is -2.31. The highest BCUT2D eigenvalue weighted by Crippen LogP contribution is 2.40. The minimum Gasteiger partial charge on any atom is -0.480 e. The number of hydrogen-bond donors (Lipinski definition) is 2. The first kappa shape index (κ1) is 23.2. The van der Waals surface area contributed by atoms with Crippen LogP contribution < -0.4 is 5.32 Å². The van der Waals surface area contributed by atoms with Gasteiger partial charge < -0.3 is 15.2 Å². The summed E-state index contributed by atoms with van der Waals surface area (Å²) in [7, 11) is 0. The van der Waals surface area contributed by atoms with Crippen molar-refractivity contribution in [2.75, 3.05) is 25.0 Å². The molecule has 2 aromatic rings. The third-order valence-corrected chi connectivity index (χ3v) is 7.71. The number of carboxylic acids is 1. The quantitative estimate of drug-likeness (QED) is 0.499. The second kappa shape index (κ2) is 10.8. The predicted octanol–water partition coefficient (Wildman–Crippen LogP) is 4.56. The van der Waals surface area contributed by atoms with E-state index in [4.69, 9.17) is 4.74 Å². The zero-order valence-corrected chi connectivity index (χ0v) is 19.9. The molecule has 182 valence electrons. The number of unbranched alkanes of at least 4 members (excludes halogenated alkanes) is 1. The van der Waals surface area contributed by atoms with Crippen molar-refractivity contribution in [2.24, 2.45) is 0 Å². The molecule has 0 bridgehead atoms. The highest BCUT2D eigenvalue weighted by Gasteiger charge is 2.37. The summed E-state index contributed by atoms with van der Waals surface area (Å²) in [5.41, 5.74) is 4.22. The minimum atomic E-state index is -0.786. The molecular weight excluding hydrogens is 428 g/mol. The van der Waals surface area contributed by atoms with E-state index in [9.17, 15) is 9.90 Å². The van der Waals surface area contributed by atoms with Gasteiger partial charge in [-0.2, -0.15) is 0 Å². The Hall–Kier alpha value is -2.51. The first-order chi connectivity index (χ1) is 16.7. The highest BCUT2D eigenvalue weighted by atomic mass is 16.5. The fraction of sp³-hybridized carbons (Fsp3) is 0.593. The molecule has 0 spiro atoms. The van der Waals surface area contributed by atoms with Gasteiger partial charge in [0.25, 0.3) is 0 Å². The van der Waals surface area contributed by atoms with E-state index < -0.39 is 12.0 Å². The van der Waals surface area contributed by atoms with Gasteiger partial charge in [-0.3, -0.25) is 19.7 Å². The monoisotopic (exact) mass is 464 g/mol. The molecule has 3 atom stereocenters. The summed E-state index contributed by atoms with van der Waals surface area (Å²) < 4.78 is 6.17. The van der Waals surface area contributed by atoms with Crippen molar-refractivity contribution in [3.8, 4) is 0 Å². The van der Waals surface area contributed by atoms with Crippen LogP contribution >= 0.6 is 0 Å². The number of hydrogen-bond acceptors (Lipinski definition) is 6. The van der Waals surface area contributed by atoms with Crippen molar-refractivity contribution in [3.63, 3.8) is 0 Å². The van der Waals surface area contributed by atoms with E-state index in [1.807, 2.05) is 24.4 Å². The number of fused-ring (bicyclic) bond motifs is 1. The maximum atomic E-state index is 12.3. The van der Waals surface area contributed by atoms with E-state index in [1.165, 1.54) is 17.8 Å². The topological polar surface area (TPSA) is 87.6 Å². The number of nitrogens with one attached hydrogen (secondary N) is 1. The first-order valence-corrected chi connectivity index (χ1v) is 12.9. The summed E-state index contributed by atoms with van der Waals surface area (Å²) in [4.78, 5) is 23.4. The number of ether oxygens (including phenoxy) is 1. The van der Waals surface area contributed by atoms with Crippen molar-refractivity contribution in [3.05, 3.63) is 53.6 Å². The molecule has 34 heavy (non-hydrogen) atoms. The third-order valence-electron chi connectivity index (χ3n) is 7.71. The van der Waals surface area contributed by atoms with Gasteiger partial charge in [0.15, 0.2) is 0 Å². The largest absolute Gasteiger partial charge is 0.480 e. The SMILES string of the molecule is O=C(O)C(c1cccnc1C1CCC1)N1CC[C@@H](OCCCC[C@H]2CCc3ncccc3N2)C1. The van der Waals surface area contributed by atoms with Gasteiger partial charge >= 0.3 is 5.97 Å². The number of pyridine rings is 2. The second-order valence-corrected chi connectivity index (χ2v) is 10.00. The molecule has 5 rings (SSSR count). The van der Waals surface area contributed by atoms with Crippen LogP contribution in [0.4, 0.5) is 5.69 Å². The van der Waals surface area contributed by atoms with Crippen molar-refractivity contribution in [2.45, 2.75) is 81.9 Å². The van der Waals surface area contributed by atoms with Gasteiger partial charge in [-0.15, -0.1) is 0 Å². The molecule has 7 heteroatoms. The average Bonchev–Trinajstić information content (AvgIpc) is 3.27. The third kappa shape index (κ3) is 5.26. The molecule has 1 aliphatic carbocycles. The molecular formula is C27H36N4O3. The van der Waals surface area contributed by atoms with E-state index in [1.54, 1.807) is 6.20 Å². The Bertz CT molecular complexity index is 980. The maximum Gasteiger partial charge on any atom is 0.325 e. The van der Waals surface area contributed by atoms with Gasteiger partial charge in [0, 0.05) is 55.3 Å². The Morgan fingerprint density at radius 2 is 2.00 bits per heavy atom. The van der Waals surface area contributed by atoms with Gasteiger partial charge in [0.05, 0.1) is 17.5 Å². The standard InChI is InChI=1S/C27H36N4O3/c32-27(33)26(22-9-4-15-29-25(22)19-6-3-7-19)31-16-13-21(18-31)34-17-2-1-8-20-11-12-23-24(30-20)10-5-14-28-23/h4-5,9-10,14-15,19-21,26,30H,1-3,6-8,11-13,16-18H2,(H,32,33)/t20-,21+,26?/m0/s1. The van der Waals surface area contributed by atoms with Crippen LogP contribution in [0.5, 0.6) is 0 Å². The summed E-state index contributed by atoms with van der Waals surface area (Å²) in [6.07, 6.45) is 13.6. The molecule has 1 unspecified atom stereocenters. The van der Waals surface area contributed by atoms with E-state index in [2.05, 4.69) is 26.3 Å². The van der Waals surface area contributed by atoms with E-state index in [0.29, 0.717) is 18.5 Å². The van der Waals surface area contributed by atoms with Gasteiger partial charge in [0.1, 0.15) is 6.04 Å². The Morgan fingerprint density at radius 3 is 2.82 bits per heavy atom. The number of aliphatic carboxylic acids is 1. The van der Waals surface area contributed by atoms with Crippen LogP contribution in [0.25, 0.3) is 0 Å². The number of aryl methyl sites for hydroxylation is 1. The molecule has 1 saturated carbocycles. The molecule has 2 N–H and O–H groups in total. The van der Waals surface area contributed by atoms with E-state index in [0.717, 1.165) is 75.8 Å². The van der Waals surface area contributed by atoms with Crippen LogP contribution in [0.15, 0.2) is 36.7 Å². The van der Waals surface area contributed by atoms with Crippen molar-refractivity contribution in [1.29, 1.82) is 0 Å². The number of nitrogens with zero attached hydrogens (tertiary/aromatic N) is 3. The summed E-state index contributed by atoms with van der Waals surface area (Å²) in [6, 6.07) is 7.82. The molecule has 7 nitrogen and oxygen atoms in total. The summed E-state index contributed by atoms with van der Waals surface area (Å²) in [5.74, 6) is -0.373. The lowest BCUT2D eigenvalue weighted by Crippen LogP contribution is -2.35. The van der Waals surface area contributed by atoms with E-state index >= 15 is 0 Å². The van der Waals surface area contributed by atoms with Crippen LogP contribution in [0.3, 0.4) is 0 Å². The lowest BCUT2D eigenvalue weighted by atomic mass is 9.80. The number of likely N-dealkylation sites (tertiary alicyclic amines) is 1. The average molecular weight is 465 g/mol. The molecule has 0 amide bonds. The lowest BCUT2D eigenvalue weighted by molar-refractivity contribution is -0.143. The predicted molar refractivity (Wildman–Crippen MR) is 131 cm³/mol. The summed E-state index contributed by atoms with van der Waals surface area (Å²) in [6.45, 7) is 2.16. The first-order valence-electron chi connectivity index (χ1n) is 12.9. The van der Waals surface area contributed by atoms with Crippen LogP contribution in [-0.4, -0.2) is 57.8 Å². The molecule has 4 heterocycles. The normalized spacial score (nSPS) is 23.6. The highest BCUT2D eigenvalue weighted by molar-refractivity contribution is 5.76. The minimum absolute atomic E-state index is 0.108. The van der Waals surface area contributed by atoms with Crippen LogP contribution in [0.1, 0.15) is 80.3 Å². The molecule has 2 fully saturated rings. The van der Waals surface area contributed by atoms with Crippen molar-refractivity contribution in [1.82, 2.24) is 14.9 Å². The molecule has 1 saturated heterocycles. The van der Waals surface area contributed by atoms with Gasteiger partial charge in [-0.1, -0.05) is 12.5 Å². The molecule has 0 radical (unpaired) electrons. The van der Waals surface area contributed by atoms with Crippen LogP contribution in [0.2, 0.25) is 0 Å². The zero-order valence-electron chi connectivity index (χ0n) is 19.9. The Balaban J connectivity index is 1.07. The summed E-state index contributed by atoms with van der Waals surface area (Å²) in [5, 5.41) is 13.7. The molecule has 3 aliphatic rings. The molecule has 2 aromatic heterocycles. The Labute approximate surface area is 201 Å². The molecule has 2 aliphatic heterocycles.